The first-order chi connectivity index (χ1) is 8.99. The van der Waals surface area contributed by atoms with Gasteiger partial charge in [-0.2, -0.15) is 11.7 Å². The minimum Gasteiger partial charge on any atom is -0.762 e. The Labute approximate surface area is 116 Å². The molecule has 0 aromatic carbocycles. The third kappa shape index (κ3) is 2.61. The fourth-order valence-electron chi connectivity index (χ4n) is 1.68. The number of carbonyl (C=O) groups excluding carboxylic acids is 1. The first kappa shape index (κ1) is 17.1. The second-order valence-electron chi connectivity index (χ2n) is 4.80. The molecule has 0 aromatic heterocycles. The summed E-state index contributed by atoms with van der Waals surface area (Å²) < 4.78 is -1.19. The van der Waals surface area contributed by atoms with Crippen molar-refractivity contribution in [2.24, 2.45) is 23.3 Å². The van der Waals surface area contributed by atoms with Crippen LogP contribution in [0.5, 0.6) is 0 Å². The molecule has 3 unspecified atom stereocenters. The van der Waals surface area contributed by atoms with Gasteiger partial charge in [0.1, 0.15) is 0 Å². The lowest BCUT2D eigenvalue weighted by molar-refractivity contribution is -1.30. The van der Waals surface area contributed by atoms with Gasteiger partial charge in [0.05, 0.1) is 18.3 Å². The lowest BCUT2D eigenvalue weighted by Gasteiger charge is -2.51. The highest BCUT2D eigenvalue weighted by Crippen LogP contribution is 2.29. The van der Waals surface area contributed by atoms with Crippen molar-refractivity contribution < 1.29 is 24.0 Å². The quantitative estimate of drug-likeness (QED) is 0.199. The van der Waals surface area contributed by atoms with Crippen LogP contribution in [0.1, 0.15) is 20.3 Å². The lowest BCUT2D eigenvalue weighted by Crippen LogP contribution is -2.97. The Morgan fingerprint density at radius 3 is 2.55 bits per heavy atom. The first-order valence-corrected chi connectivity index (χ1v) is 5.98. The molecule has 0 aromatic rings. The van der Waals surface area contributed by atoms with Crippen molar-refractivity contribution in [2.75, 3.05) is 13.6 Å². The smallest absolute Gasteiger partial charge is 0.463 e. The molecule has 9 N–H and O–H groups in total. The molecule has 1 fully saturated rings. The molecule has 0 radical (unpaired) electrons. The molecule has 0 bridgehead atoms. The molecule has 1 aliphatic heterocycles. The van der Waals surface area contributed by atoms with Gasteiger partial charge in [0, 0.05) is 0 Å². The number of nitrogens with zero attached hydrogens (tertiary/aromatic N) is 3. The maximum Gasteiger partial charge on any atom is 0.463 e. The van der Waals surface area contributed by atoms with Crippen molar-refractivity contribution >= 4 is 5.97 Å². The first-order valence-electron chi connectivity index (χ1n) is 5.98. The Morgan fingerprint density at radius 1 is 1.55 bits per heavy atom. The van der Waals surface area contributed by atoms with Gasteiger partial charge in [-0.05, 0) is 13.5 Å². The number of nitrogens with two attached hydrogens (primary N) is 4. The number of nitrogens with one attached hydrogen (secondary N) is 1. The van der Waals surface area contributed by atoms with Crippen molar-refractivity contribution in [1.82, 2.24) is 10.7 Å². The van der Waals surface area contributed by atoms with E-state index in [1.54, 1.807) is 0 Å². The number of rotatable bonds is 5. The van der Waals surface area contributed by atoms with E-state index in [0.29, 0.717) is 13.0 Å². The van der Waals surface area contributed by atoms with Crippen LogP contribution in [-0.2, 0) is 14.5 Å². The predicted molar refractivity (Wildman–Crippen MR) is 66.1 cm³/mol. The molecule has 1 rings (SSSR count). The summed E-state index contributed by atoms with van der Waals surface area (Å²) in [6.07, 6.45) is -0.950. The number of hydrogen-bond donors (Lipinski definition) is 5. The van der Waals surface area contributed by atoms with Crippen molar-refractivity contribution in [3.8, 4) is 0 Å². The standard InChI is InChI=1S/C8H23N8O4/c1-4-5-13-16(12)8(2,9)15(10,11)6(7(17)20-16)19-14(3)18/h6,13H,4-5,9-12H2,1-3H3/q+1. The van der Waals surface area contributed by atoms with E-state index >= 15 is 0 Å². The average molecular weight is 295 g/mol. The summed E-state index contributed by atoms with van der Waals surface area (Å²) in [5.74, 6) is 14.9. The van der Waals surface area contributed by atoms with Gasteiger partial charge in [-0.25, -0.2) is 20.2 Å². The van der Waals surface area contributed by atoms with Gasteiger partial charge in [0.15, 0.2) is 0 Å². The van der Waals surface area contributed by atoms with Gasteiger partial charge in [-0.1, -0.05) is 17.1 Å². The molecule has 0 spiro atoms. The molecule has 0 aliphatic carbocycles. The van der Waals surface area contributed by atoms with E-state index in [2.05, 4.69) is 5.43 Å². The Morgan fingerprint density at radius 2 is 2.10 bits per heavy atom. The zero-order chi connectivity index (χ0) is 15.8. The van der Waals surface area contributed by atoms with Crippen molar-refractivity contribution in [2.45, 2.75) is 32.3 Å². The summed E-state index contributed by atoms with van der Waals surface area (Å²) >= 11 is 0. The molecule has 1 saturated heterocycles. The minimum absolute atomic E-state index is 0.0325. The summed E-state index contributed by atoms with van der Waals surface area (Å²) in [4.78, 5) is 20.6. The van der Waals surface area contributed by atoms with E-state index in [9.17, 15) is 10.0 Å². The van der Waals surface area contributed by atoms with Crippen LogP contribution in [0.3, 0.4) is 0 Å². The zero-order valence-electron chi connectivity index (χ0n) is 11.8. The SMILES string of the molecule is CCCN[N+]1(N)OC(=O)C(ON(C)[O-])[N+](N)(N)C1(C)N. The monoisotopic (exact) mass is 295 g/mol. The second-order valence-corrected chi connectivity index (χ2v) is 4.80. The summed E-state index contributed by atoms with van der Waals surface area (Å²) in [7, 11) is 1.02. The third-order valence-electron chi connectivity index (χ3n) is 3.13. The van der Waals surface area contributed by atoms with E-state index < -0.39 is 27.5 Å². The predicted octanol–water partition coefficient (Wildman–Crippen LogP) is -3.05. The van der Waals surface area contributed by atoms with Crippen molar-refractivity contribution in [3.05, 3.63) is 5.21 Å². The number of carbonyl (C=O) groups is 1. The molecule has 3 atom stereocenters. The third-order valence-corrected chi connectivity index (χ3v) is 3.13. The van der Waals surface area contributed by atoms with E-state index in [1.807, 2.05) is 6.92 Å². The Balaban J connectivity index is 3.13. The molecule has 118 valence electrons. The summed E-state index contributed by atoms with van der Waals surface area (Å²) in [5, 5.41) is 11.0. The molecule has 0 saturated carbocycles. The largest absolute Gasteiger partial charge is 0.762 e. The van der Waals surface area contributed by atoms with E-state index in [4.69, 9.17) is 32.9 Å². The Kier molecular flexibility index (Phi) is 4.67. The second kappa shape index (κ2) is 5.45. The summed E-state index contributed by atoms with van der Waals surface area (Å²) in [6, 6.07) is 0. The van der Waals surface area contributed by atoms with Gasteiger partial charge >= 0.3 is 18.0 Å². The van der Waals surface area contributed by atoms with Gasteiger partial charge in [0.25, 0.3) is 0 Å². The van der Waals surface area contributed by atoms with Crippen LogP contribution in [-0.4, -0.2) is 46.4 Å². The van der Waals surface area contributed by atoms with Crippen LogP contribution in [0, 0.1) is 5.21 Å². The summed E-state index contributed by atoms with van der Waals surface area (Å²) in [6.45, 7) is 3.64. The highest BCUT2D eigenvalue weighted by Gasteiger charge is 2.72. The van der Waals surface area contributed by atoms with Crippen LogP contribution in [0.15, 0.2) is 0 Å². The van der Waals surface area contributed by atoms with E-state index in [0.717, 1.165) is 7.05 Å². The molecule has 12 nitrogen and oxygen atoms in total. The highest BCUT2D eigenvalue weighted by molar-refractivity contribution is 5.72. The van der Waals surface area contributed by atoms with Gasteiger partial charge in [-0.3, -0.25) is 5.23 Å². The average Bonchev–Trinajstić information content (AvgIpc) is 2.31. The molecular formula is C8H23N8O4+. The number of hydroxylamine groups is 3. The Hall–Kier alpha value is -0.930. The maximum absolute atomic E-state index is 11.9. The molecular weight excluding hydrogens is 272 g/mol. The molecule has 12 heteroatoms. The van der Waals surface area contributed by atoms with Gasteiger partial charge in [0.2, 0.25) is 0 Å². The Bertz CT molecular complexity index is 375. The number of hydrogen-bond acceptors (Lipinski definition) is 10. The van der Waals surface area contributed by atoms with Crippen LogP contribution in [0.25, 0.3) is 0 Å². The fourth-order valence-corrected chi connectivity index (χ4v) is 1.68. The normalized spacial score (nSPS) is 37.0. The zero-order valence-corrected chi connectivity index (χ0v) is 11.8. The lowest BCUT2D eigenvalue weighted by atomic mass is 10.3. The molecule has 1 heterocycles. The van der Waals surface area contributed by atoms with E-state index in [1.165, 1.54) is 6.92 Å². The van der Waals surface area contributed by atoms with Crippen LogP contribution < -0.4 is 28.7 Å². The van der Waals surface area contributed by atoms with Crippen molar-refractivity contribution in [1.29, 1.82) is 0 Å². The van der Waals surface area contributed by atoms with Crippen molar-refractivity contribution in [3.63, 3.8) is 0 Å². The van der Waals surface area contributed by atoms with Gasteiger partial charge < -0.3 is 5.21 Å². The minimum atomic E-state index is -1.72. The fraction of sp³-hybridized carbons (Fsp3) is 0.875. The van der Waals surface area contributed by atoms with Crippen LogP contribution in [0.2, 0.25) is 0 Å². The summed E-state index contributed by atoms with van der Waals surface area (Å²) in [5.41, 5.74) is 8.75. The van der Waals surface area contributed by atoms with Crippen LogP contribution >= 0.6 is 0 Å². The topological polar surface area (TPSA) is 178 Å². The molecule has 0 amide bonds. The molecule has 1 aliphatic rings. The van der Waals surface area contributed by atoms with Crippen LogP contribution in [0.4, 0.5) is 0 Å². The maximum atomic E-state index is 11.9. The molecule has 20 heavy (non-hydrogen) atoms. The van der Waals surface area contributed by atoms with E-state index in [-0.39, 0.29) is 5.23 Å². The van der Waals surface area contributed by atoms with Gasteiger partial charge in [-0.15, -0.1) is 5.84 Å². The number of quaternary nitrogens is 2. The highest BCUT2D eigenvalue weighted by atomic mass is 16.9.